The van der Waals surface area contributed by atoms with E-state index >= 15 is 0 Å². The molecule has 5 heteroatoms. The molecule has 1 N–H and O–H groups in total. The topological polar surface area (TPSA) is 54.4 Å². The third-order valence-corrected chi connectivity index (χ3v) is 2.56. The van der Waals surface area contributed by atoms with Crippen LogP contribution in [0.5, 0.6) is 0 Å². The zero-order valence-electron chi connectivity index (χ0n) is 6.25. The second-order valence-corrected chi connectivity index (χ2v) is 4.04. The molecule has 1 aromatic carbocycles. The van der Waals surface area contributed by atoms with Gasteiger partial charge in [0.25, 0.3) is 0 Å². The highest BCUT2D eigenvalue weighted by atomic mass is 79.9. The molecule has 0 heterocycles. The second kappa shape index (κ2) is 4.02. The Morgan fingerprint density at radius 2 is 2.00 bits per heavy atom. The van der Waals surface area contributed by atoms with Crippen molar-refractivity contribution in [2.75, 3.05) is 0 Å². The maximum atomic E-state index is 10.7. The van der Waals surface area contributed by atoms with E-state index in [1.165, 1.54) is 6.07 Å². The van der Waals surface area contributed by atoms with Crippen LogP contribution in [0.3, 0.4) is 0 Å². The van der Waals surface area contributed by atoms with Gasteiger partial charge in [-0.3, -0.25) is 4.79 Å². The minimum atomic E-state index is -1.12. The summed E-state index contributed by atoms with van der Waals surface area (Å²) in [6, 6.07) is 3.01. The summed E-state index contributed by atoms with van der Waals surface area (Å²) in [7, 11) is 0. The van der Waals surface area contributed by atoms with Gasteiger partial charge in [-0.05, 0) is 28.1 Å². The normalized spacial score (nSPS) is 9.69. The van der Waals surface area contributed by atoms with Gasteiger partial charge >= 0.3 is 5.97 Å². The maximum absolute atomic E-state index is 10.7. The van der Waals surface area contributed by atoms with Crippen molar-refractivity contribution in [3.8, 4) is 0 Å². The molecule has 13 heavy (non-hydrogen) atoms. The smallest absolute Gasteiger partial charge is 0.336 e. The molecule has 0 aliphatic carbocycles. The van der Waals surface area contributed by atoms with E-state index in [4.69, 9.17) is 5.11 Å². The minimum Gasteiger partial charge on any atom is -0.478 e. The summed E-state index contributed by atoms with van der Waals surface area (Å²) >= 11 is 6.24. The summed E-state index contributed by atoms with van der Waals surface area (Å²) < 4.78 is 1.08. The van der Waals surface area contributed by atoms with E-state index in [0.29, 0.717) is 15.2 Å². The summed E-state index contributed by atoms with van der Waals surface area (Å²) in [5.74, 6) is -1.12. The number of aromatic carboxylic acids is 1. The molecule has 0 saturated carbocycles. The van der Waals surface area contributed by atoms with E-state index in [-0.39, 0.29) is 11.1 Å². The molecule has 68 valence electrons. The lowest BCUT2D eigenvalue weighted by Gasteiger charge is -2.02. The molecular weight excluding hydrogens is 304 g/mol. The van der Waals surface area contributed by atoms with E-state index in [0.717, 1.165) is 0 Å². The number of hydrogen-bond acceptors (Lipinski definition) is 2. The fourth-order valence-corrected chi connectivity index (χ4v) is 2.20. The maximum Gasteiger partial charge on any atom is 0.336 e. The number of rotatable bonds is 2. The van der Waals surface area contributed by atoms with Crippen LogP contribution in [0.1, 0.15) is 20.7 Å². The highest BCUT2D eigenvalue weighted by molar-refractivity contribution is 9.11. The zero-order chi connectivity index (χ0) is 10.0. The first kappa shape index (κ1) is 10.4. The number of halogens is 2. The number of carboxylic acid groups (broad SMARTS) is 1. The third kappa shape index (κ3) is 2.16. The summed E-state index contributed by atoms with van der Waals surface area (Å²) in [4.78, 5) is 21.2. The van der Waals surface area contributed by atoms with Crippen LogP contribution in [0.25, 0.3) is 0 Å². The van der Waals surface area contributed by atoms with Crippen molar-refractivity contribution in [1.82, 2.24) is 0 Å². The molecule has 0 amide bonds. The van der Waals surface area contributed by atoms with Crippen LogP contribution in [0.2, 0.25) is 0 Å². The van der Waals surface area contributed by atoms with Crippen molar-refractivity contribution in [3.63, 3.8) is 0 Å². The second-order valence-electron chi connectivity index (χ2n) is 2.27. The molecule has 0 spiro atoms. The van der Waals surface area contributed by atoms with Crippen molar-refractivity contribution in [2.24, 2.45) is 0 Å². The van der Waals surface area contributed by atoms with Crippen molar-refractivity contribution in [2.45, 2.75) is 0 Å². The van der Waals surface area contributed by atoms with Crippen LogP contribution >= 0.6 is 31.9 Å². The molecule has 0 aliphatic rings. The molecule has 1 rings (SSSR count). The number of benzene rings is 1. The lowest BCUT2D eigenvalue weighted by molar-refractivity contribution is 0.0694. The van der Waals surface area contributed by atoms with Gasteiger partial charge in [0.05, 0.1) is 5.56 Å². The van der Waals surface area contributed by atoms with E-state index < -0.39 is 5.97 Å². The van der Waals surface area contributed by atoms with Crippen molar-refractivity contribution in [1.29, 1.82) is 0 Å². The Morgan fingerprint density at radius 3 is 2.46 bits per heavy atom. The summed E-state index contributed by atoms with van der Waals surface area (Å²) in [6.45, 7) is 0. The molecule has 0 atom stereocenters. The predicted molar refractivity (Wildman–Crippen MR) is 54.2 cm³/mol. The Kier molecular flexibility index (Phi) is 3.22. The van der Waals surface area contributed by atoms with Crippen LogP contribution in [0, 0.1) is 0 Å². The molecule has 1 aromatic rings. The number of hydrogen-bond donors (Lipinski definition) is 1. The molecule has 0 aromatic heterocycles. The molecular formula is C8H4Br2O3. The minimum absolute atomic E-state index is 0.0174. The van der Waals surface area contributed by atoms with Gasteiger partial charge in [0.2, 0.25) is 0 Å². The number of carbonyl (C=O) groups excluding carboxylic acids is 1. The van der Waals surface area contributed by atoms with Crippen molar-refractivity contribution < 1.29 is 14.7 Å². The Labute approximate surface area is 91.0 Å². The summed E-state index contributed by atoms with van der Waals surface area (Å²) in [6.07, 6.45) is 0.514. The Balaban J connectivity index is 3.46. The van der Waals surface area contributed by atoms with Gasteiger partial charge in [-0.1, -0.05) is 15.9 Å². The van der Waals surface area contributed by atoms with Crippen molar-refractivity contribution in [3.05, 3.63) is 32.2 Å². The van der Waals surface area contributed by atoms with E-state index in [2.05, 4.69) is 31.9 Å². The van der Waals surface area contributed by atoms with Crippen LogP contribution in [0.15, 0.2) is 21.1 Å². The predicted octanol–water partition coefficient (Wildman–Crippen LogP) is 2.72. The monoisotopic (exact) mass is 306 g/mol. The third-order valence-electron chi connectivity index (χ3n) is 1.44. The molecule has 3 nitrogen and oxygen atoms in total. The average molecular weight is 308 g/mol. The number of carboxylic acids is 1. The SMILES string of the molecule is O=Cc1c(Br)cc(Br)cc1C(=O)O. The van der Waals surface area contributed by atoms with Gasteiger partial charge in [-0.2, -0.15) is 0 Å². The van der Waals surface area contributed by atoms with E-state index in [9.17, 15) is 9.59 Å². The first-order chi connectivity index (χ1) is 6.06. The highest BCUT2D eigenvalue weighted by Gasteiger charge is 2.13. The van der Waals surface area contributed by atoms with Crippen LogP contribution in [-0.2, 0) is 0 Å². The Bertz CT molecular complexity index is 374. The van der Waals surface area contributed by atoms with Gasteiger partial charge in [0.15, 0.2) is 6.29 Å². The van der Waals surface area contributed by atoms with Crippen molar-refractivity contribution >= 4 is 44.1 Å². The van der Waals surface area contributed by atoms with E-state index in [1.807, 2.05) is 0 Å². The molecule has 0 aliphatic heterocycles. The van der Waals surface area contributed by atoms with Crippen LogP contribution < -0.4 is 0 Å². The highest BCUT2D eigenvalue weighted by Crippen LogP contribution is 2.24. The molecule has 0 unspecified atom stereocenters. The largest absolute Gasteiger partial charge is 0.478 e. The van der Waals surface area contributed by atoms with Crippen LogP contribution in [0.4, 0.5) is 0 Å². The lowest BCUT2D eigenvalue weighted by atomic mass is 10.1. The van der Waals surface area contributed by atoms with Gasteiger partial charge < -0.3 is 5.11 Å². The average Bonchev–Trinajstić information content (AvgIpc) is 2.02. The summed E-state index contributed by atoms with van der Waals surface area (Å²) in [5.41, 5.74) is 0.131. The van der Waals surface area contributed by atoms with Crippen LogP contribution in [-0.4, -0.2) is 17.4 Å². The first-order valence-corrected chi connectivity index (χ1v) is 4.82. The van der Waals surface area contributed by atoms with Gasteiger partial charge in [-0.15, -0.1) is 0 Å². The summed E-state index contributed by atoms with van der Waals surface area (Å²) in [5, 5.41) is 8.75. The number of carbonyl (C=O) groups is 2. The molecule has 0 radical (unpaired) electrons. The fourth-order valence-electron chi connectivity index (χ4n) is 0.881. The van der Waals surface area contributed by atoms with Gasteiger partial charge in [-0.25, -0.2) is 4.79 Å². The van der Waals surface area contributed by atoms with Gasteiger partial charge in [0.1, 0.15) is 0 Å². The Morgan fingerprint density at radius 1 is 1.38 bits per heavy atom. The zero-order valence-corrected chi connectivity index (χ0v) is 9.42. The first-order valence-electron chi connectivity index (χ1n) is 3.23. The quantitative estimate of drug-likeness (QED) is 0.855. The van der Waals surface area contributed by atoms with Gasteiger partial charge in [0, 0.05) is 14.5 Å². The van der Waals surface area contributed by atoms with E-state index in [1.54, 1.807) is 6.07 Å². The standard InChI is InChI=1S/C8H4Br2O3/c9-4-1-5(8(12)13)6(3-11)7(10)2-4/h1-3H,(H,12,13). The fraction of sp³-hybridized carbons (Fsp3) is 0. The molecule has 0 bridgehead atoms. The number of aldehydes is 1. The lowest BCUT2D eigenvalue weighted by Crippen LogP contribution is -2.02. The molecule has 0 saturated heterocycles. The Hall–Kier alpha value is -0.680. The molecule has 0 fully saturated rings.